The van der Waals surface area contributed by atoms with Crippen LogP contribution in [0.15, 0.2) is 18.2 Å². The molecule has 1 amide bonds. The third kappa shape index (κ3) is 3.72. The van der Waals surface area contributed by atoms with E-state index in [-0.39, 0.29) is 17.2 Å². The molecule has 0 aliphatic heterocycles. The number of phenols is 1. The van der Waals surface area contributed by atoms with Crippen LogP contribution in [0.2, 0.25) is 5.02 Å². The number of benzene rings is 1. The van der Waals surface area contributed by atoms with Gasteiger partial charge in [0.15, 0.2) is 0 Å². The second-order valence-corrected chi connectivity index (χ2v) is 3.70. The van der Waals surface area contributed by atoms with Crippen molar-refractivity contribution in [2.45, 2.75) is 6.42 Å². The Morgan fingerprint density at radius 1 is 1.56 bits per heavy atom. The number of ether oxygens (including phenoxy) is 1. The number of hydrogen-bond acceptors (Lipinski definition) is 3. The van der Waals surface area contributed by atoms with E-state index >= 15 is 0 Å². The highest BCUT2D eigenvalue weighted by Crippen LogP contribution is 2.21. The van der Waals surface area contributed by atoms with E-state index in [0.29, 0.717) is 18.2 Å². The number of rotatable bonds is 5. The number of aromatic hydroxyl groups is 1. The van der Waals surface area contributed by atoms with Crippen LogP contribution in [0, 0.1) is 0 Å². The molecule has 0 aliphatic rings. The summed E-state index contributed by atoms with van der Waals surface area (Å²) >= 11 is 5.66. The molecule has 5 heteroatoms. The van der Waals surface area contributed by atoms with E-state index in [1.54, 1.807) is 13.2 Å². The average Bonchev–Trinajstić information content (AvgIpc) is 2.24. The zero-order valence-corrected chi connectivity index (χ0v) is 9.75. The maximum absolute atomic E-state index is 11.6. The number of phenolic OH excluding ortho intramolecular Hbond substituents is 1. The van der Waals surface area contributed by atoms with Crippen molar-refractivity contribution >= 4 is 17.5 Å². The monoisotopic (exact) mass is 243 g/mol. The Kier molecular flexibility index (Phi) is 5.08. The molecule has 0 spiro atoms. The molecule has 0 saturated carbocycles. The summed E-state index contributed by atoms with van der Waals surface area (Å²) in [5, 5.41) is 12.6. The van der Waals surface area contributed by atoms with Crippen LogP contribution in [-0.2, 0) is 4.74 Å². The first kappa shape index (κ1) is 12.8. The van der Waals surface area contributed by atoms with E-state index in [1.807, 2.05) is 0 Å². The molecule has 2 N–H and O–H groups in total. The molecule has 4 nitrogen and oxygen atoms in total. The summed E-state index contributed by atoms with van der Waals surface area (Å²) in [6.07, 6.45) is 0.733. The Balaban J connectivity index is 2.53. The maximum Gasteiger partial charge on any atom is 0.255 e. The van der Waals surface area contributed by atoms with Gasteiger partial charge in [0.2, 0.25) is 0 Å². The van der Waals surface area contributed by atoms with E-state index in [1.165, 1.54) is 12.1 Å². The molecule has 0 fully saturated rings. The van der Waals surface area contributed by atoms with Gasteiger partial charge in [0.05, 0.1) is 5.56 Å². The van der Waals surface area contributed by atoms with Crippen LogP contribution >= 0.6 is 11.6 Å². The lowest BCUT2D eigenvalue weighted by Gasteiger charge is -2.06. The minimum Gasteiger partial charge on any atom is -0.507 e. The normalized spacial score (nSPS) is 10.1. The van der Waals surface area contributed by atoms with Gasteiger partial charge < -0.3 is 15.2 Å². The van der Waals surface area contributed by atoms with Crippen molar-refractivity contribution < 1.29 is 14.6 Å². The summed E-state index contributed by atoms with van der Waals surface area (Å²) in [7, 11) is 1.60. The van der Waals surface area contributed by atoms with E-state index in [2.05, 4.69) is 5.32 Å². The van der Waals surface area contributed by atoms with Crippen LogP contribution in [0.4, 0.5) is 0 Å². The quantitative estimate of drug-likeness (QED) is 0.776. The Hall–Kier alpha value is -1.26. The zero-order chi connectivity index (χ0) is 12.0. The van der Waals surface area contributed by atoms with Crippen LogP contribution < -0.4 is 5.32 Å². The van der Waals surface area contributed by atoms with E-state index in [9.17, 15) is 9.90 Å². The lowest BCUT2D eigenvalue weighted by Crippen LogP contribution is -2.25. The standard InChI is InChI=1S/C11H14ClNO3/c1-16-6-2-5-13-11(15)9-4-3-8(12)7-10(9)14/h3-4,7,14H,2,5-6H2,1H3,(H,13,15). The molecule has 0 aromatic heterocycles. The first-order valence-corrected chi connectivity index (χ1v) is 5.28. The molecule has 1 rings (SSSR count). The Bertz CT molecular complexity index is 368. The number of carbonyl (C=O) groups excluding carboxylic acids is 1. The summed E-state index contributed by atoms with van der Waals surface area (Å²) in [4.78, 5) is 11.6. The number of halogens is 1. The van der Waals surface area contributed by atoms with Gasteiger partial charge in [0.1, 0.15) is 5.75 Å². The molecule has 16 heavy (non-hydrogen) atoms. The molecule has 1 aromatic carbocycles. The van der Waals surface area contributed by atoms with Crippen molar-refractivity contribution in [3.8, 4) is 5.75 Å². The largest absolute Gasteiger partial charge is 0.507 e. The van der Waals surface area contributed by atoms with E-state index < -0.39 is 0 Å². The third-order valence-electron chi connectivity index (χ3n) is 2.02. The summed E-state index contributed by atoms with van der Waals surface area (Å²) in [6.45, 7) is 1.10. The van der Waals surface area contributed by atoms with Crippen LogP contribution in [0.25, 0.3) is 0 Å². The number of hydrogen-bond donors (Lipinski definition) is 2. The minimum absolute atomic E-state index is 0.114. The van der Waals surface area contributed by atoms with E-state index in [4.69, 9.17) is 16.3 Å². The predicted molar refractivity (Wildman–Crippen MR) is 61.9 cm³/mol. The topological polar surface area (TPSA) is 58.6 Å². The highest BCUT2D eigenvalue weighted by Gasteiger charge is 2.10. The van der Waals surface area contributed by atoms with Crippen LogP contribution in [0.1, 0.15) is 16.8 Å². The fraction of sp³-hybridized carbons (Fsp3) is 0.364. The SMILES string of the molecule is COCCCNC(=O)c1ccc(Cl)cc1O. The number of amides is 1. The molecule has 1 aromatic rings. The summed E-state index contributed by atoms with van der Waals surface area (Å²) in [5.74, 6) is -0.429. The molecule has 0 radical (unpaired) electrons. The van der Waals surface area contributed by atoms with Gasteiger partial charge in [-0.2, -0.15) is 0 Å². The van der Waals surface area contributed by atoms with Crippen molar-refractivity contribution in [2.24, 2.45) is 0 Å². The third-order valence-corrected chi connectivity index (χ3v) is 2.25. The fourth-order valence-corrected chi connectivity index (χ4v) is 1.38. The van der Waals surface area contributed by atoms with Gasteiger partial charge in [-0.1, -0.05) is 11.6 Å². The van der Waals surface area contributed by atoms with Gasteiger partial charge in [0.25, 0.3) is 5.91 Å². The van der Waals surface area contributed by atoms with Crippen LogP contribution in [0.5, 0.6) is 5.75 Å². The molecule has 0 aliphatic carbocycles. The van der Waals surface area contributed by atoms with Crippen molar-refractivity contribution in [1.29, 1.82) is 0 Å². The Morgan fingerprint density at radius 3 is 2.94 bits per heavy atom. The lowest BCUT2D eigenvalue weighted by molar-refractivity contribution is 0.0946. The molecule has 0 unspecified atom stereocenters. The van der Waals surface area contributed by atoms with Crippen LogP contribution in [0.3, 0.4) is 0 Å². The minimum atomic E-state index is -0.315. The number of methoxy groups -OCH3 is 1. The first-order chi connectivity index (χ1) is 7.65. The highest BCUT2D eigenvalue weighted by molar-refractivity contribution is 6.30. The molecule has 0 heterocycles. The molecule has 0 atom stereocenters. The number of nitrogens with one attached hydrogen (secondary N) is 1. The maximum atomic E-state index is 11.6. The molecular weight excluding hydrogens is 230 g/mol. The highest BCUT2D eigenvalue weighted by atomic mass is 35.5. The lowest BCUT2D eigenvalue weighted by atomic mass is 10.2. The van der Waals surface area contributed by atoms with Crippen molar-refractivity contribution in [1.82, 2.24) is 5.32 Å². The first-order valence-electron chi connectivity index (χ1n) is 4.91. The van der Waals surface area contributed by atoms with Crippen molar-refractivity contribution in [2.75, 3.05) is 20.3 Å². The van der Waals surface area contributed by atoms with Gasteiger partial charge in [-0.25, -0.2) is 0 Å². The fourth-order valence-electron chi connectivity index (χ4n) is 1.21. The van der Waals surface area contributed by atoms with Gasteiger partial charge in [-0.15, -0.1) is 0 Å². The predicted octanol–water partition coefficient (Wildman–Crippen LogP) is 1.81. The molecular formula is C11H14ClNO3. The zero-order valence-electron chi connectivity index (χ0n) is 9.00. The van der Waals surface area contributed by atoms with Gasteiger partial charge >= 0.3 is 0 Å². The second kappa shape index (κ2) is 6.35. The summed E-state index contributed by atoms with van der Waals surface area (Å²) < 4.78 is 4.85. The smallest absolute Gasteiger partial charge is 0.255 e. The molecule has 0 bridgehead atoms. The van der Waals surface area contributed by atoms with Gasteiger partial charge in [-0.3, -0.25) is 4.79 Å². The van der Waals surface area contributed by atoms with E-state index in [0.717, 1.165) is 6.42 Å². The van der Waals surface area contributed by atoms with Crippen LogP contribution in [-0.4, -0.2) is 31.3 Å². The van der Waals surface area contributed by atoms with Crippen molar-refractivity contribution in [3.05, 3.63) is 28.8 Å². The van der Waals surface area contributed by atoms with Gasteiger partial charge in [0, 0.05) is 25.3 Å². The van der Waals surface area contributed by atoms with Gasteiger partial charge in [-0.05, 0) is 24.6 Å². The molecule has 0 saturated heterocycles. The Labute approximate surface area is 99.2 Å². The number of carbonyl (C=O) groups is 1. The Morgan fingerprint density at radius 2 is 2.31 bits per heavy atom. The second-order valence-electron chi connectivity index (χ2n) is 3.26. The summed E-state index contributed by atoms with van der Waals surface area (Å²) in [6, 6.07) is 4.39. The summed E-state index contributed by atoms with van der Waals surface area (Å²) in [5.41, 5.74) is 0.224. The van der Waals surface area contributed by atoms with Crippen molar-refractivity contribution in [3.63, 3.8) is 0 Å². The average molecular weight is 244 g/mol. The molecule has 88 valence electrons.